The SMILES string of the molecule is CC[C@@H](NC(=O)c1cc(C(=O)N2CCC[C@@H]2C)n2c1CCCC2)c1ccc(C(F)(F)F)nc1. The van der Waals surface area contributed by atoms with E-state index in [0.29, 0.717) is 36.2 Å². The van der Waals surface area contributed by atoms with Crippen molar-refractivity contribution >= 4 is 11.8 Å². The van der Waals surface area contributed by atoms with E-state index in [9.17, 15) is 22.8 Å². The molecule has 4 rings (SSSR count). The molecular formula is C24H29F3N4O2. The highest BCUT2D eigenvalue weighted by Crippen LogP contribution is 2.30. The Morgan fingerprint density at radius 1 is 1.21 bits per heavy atom. The number of nitrogens with one attached hydrogen (secondary N) is 1. The smallest absolute Gasteiger partial charge is 0.345 e. The molecule has 0 spiro atoms. The van der Waals surface area contributed by atoms with Crippen molar-refractivity contribution in [2.24, 2.45) is 0 Å². The van der Waals surface area contributed by atoms with Gasteiger partial charge in [-0.05, 0) is 63.1 Å². The second-order valence-corrected chi connectivity index (χ2v) is 8.90. The zero-order valence-electron chi connectivity index (χ0n) is 18.9. The Balaban J connectivity index is 1.58. The number of hydrogen-bond acceptors (Lipinski definition) is 3. The van der Waals surface area contributed by atoms with Crippen molar-refractivity contribution in [2.75, 3.05) is 6.54 Å². The number of rotatable bonds is 5. The molecule has 0 saturated carbocycles. The molecule has 2 atom stereocenters. The van der Waals surface area contributed by atoms with Gasteiger partial charge < -0.3 is 14.8 Å². The van der Waals surface area contributed by atoms with Crippen LogP contribution < -0.4 is 5.32 Å². The Morgan fingerprint density at radius 2 is 2.00 bits per heavy atom. The van der Waals surface area contributed by atoms with E-state index in [1.165, 1.54) is 6.07 Å². The normalized spacial score (nSPS) is 19.3. The number of aromatic nitrogens is 2. The first-order chi connectivity index (χ1) is 15.7. The van der Waals surface area contributed by atoms with Crippen molar-refractivity contribution in [2.45, 2.75) is 77.2 Å². The fourth-order valence-electron chi connectivity index (χ4n) is 4.87. The van der Waals surface area contributed by atoms with Gasteiger partial charge >= 0.3 is 6.18 Å². The summed E-state index contributed by atoms with van der Waals surface area (Å²) in [6.07, 6.45) is 1.71. The molecule has 2 aliphatic heterocycles. The largest absolute Gasteiger partial charge is 0.433 e. The molecule has 6 nitrogen and oxygen atoms in total. The lowest BCUT2D eigenvalue weighted by Gasteiger charge is -2.24. The molecule has 0 bridgehead atoms. The van der Waals surface area contributed by atoms with Crippen molar-refractivity contribution in [1.82, 2.24) is 19.8 Å². The summed E-state index contributed by atoms with van der Waals surface area (Å²) in [6.45, 7) is 5.32. The van der Waals surface area contributed by atoms with Crippen molar-refractivity contribution < 1.29 is 22.8 Å². The number of likely N-dealkylation sites (tertiary alicyclic amines) is 1. The van der Waals surface area contributed by atoms with Crippen LogP contribution in [0, 0.1) is 0 Å². The third kappa shape index (κ3) is 4.63. The van der Waals surface area contributed by atoms with Crippen molar-refractivity contribution in [1.29, 1.82) is 0 Å². The molecule has 2 amide bonds. The molecule has 9 heteroatoms. The summed E-state index contributed by atoms with van der Waals surface area (Å²) in [5, 5.41) is 2.94. The molecule has 1 N–H and O–H groups in total. The zero-order valence-corrected chi connectivity index (χ0v) is 18.9. The predicted octanol–water partition coefficient (Wildman–Crippen LogP) is 4.74. The number of pyridine rings is 1. The fraction of sp³-hybridized carbons (Fsp3) is 0.542. The topological polar surface area (TPSA) is 67.2 Å². The van der Waals surface area contributed by atoms with Crippen LogP contribution in [0.25, 0.3) is 0 Å². The fourth-order valence-corrected chi connectivity index (χ4v) is 4.87. The van der Waals surface area contributed by atoms with Crippen molar-refractivity contribution in [3.8, 4) is 0 Å². The third-order valence-corrected chi connectivity index (χ3v) is 6.72. The Labute approximate surface area is 191 Å². The first-order valence-corrected chi connectivity index (χ1v) is 11.6. The Hall–Kier alpha value is -2.84. The first kappa shape index (κ1) is 23.3. The van der Waals surface area contributed by atoms with Gasteiger partial charge in [0, 0.05) is 31.0 Å². The third-order valence-electron chi connectivity index (χ3n) is 6.72. The number of alkyl halides is 3. The van der Waals surface area contributed by atoms with Crippen LogP contribution >= 0.6 is 0 Å². The van der Waals surface area contributed by atoms with Crippen molar-refractivity contribution in [3.05, 3.63) is 52.6 Å². The van der Waals surface area contributed by atoms with Gasteiger partial charge in [-0.1, -0.05) is 13.0 Å². The number of fused-ring (bicyclic) bond motifs is 1. The molecule has 1 fully saturated rings. The summed E-state index contributed by atoms with van der Waals surface area (Å²) in [6, 6.07) is 3.67. The number of carbonyl (C=O) groups excluding carboxylic acids is 2. The standard InChI is InChI=1S/C24H29F3N4O2/c1-3-18(16-9-10-21(28-14-16)24(25,26)27)29-22(32)17-13-20(31-11-5-4-8-19(17)31)23(33)30-12-6-7-15(30)2/h9-10,13-15,18H,3-8,11-12H2,1-2H3,(H,29,32)/t15-,18+/m0/s1. The number of halogens is 3. The summed E-state index contributed by atoms with van der Waals surface area (Å²) in [5.74, 6) is -0.359. The zero-order chi connectivity index (χ0) is 23.8. The highest BCUT2D eigenvalue weighted by molar-refractivity contribution is 6.01. The Kier molecular flexibility index (Phi) is 6.50. The average Bonchev–Trinajstić information content (AvgIpc) is 3.40. The summed E-state index contributed by atoms with van der Waals surface area (Å²) >= 11 is 0. The van der Waals surface area contributed by atoms with E-state index in [1.54, 1.807) is 6.07 Å². The maximum Gasteiger partial charge on any atom is 0.433 e. The molecule has 0 radical (unpaired) electrons. The monoisotopic (exact) mass is 462 g/mol. The molecule has 0 aliphatic carbocycles. The van der Waals surface area contributed by atoms with Crippen LogP contribution in [0.3, 0.4) is 0 Å². The van der Waals surface area contributed by atoms with E-state index in [2.05, 4.69) is 10.3 Å². The summed E-state index contributed by atoms with van der Waals surface area (Å²) in [5.41, 5.74) is 1.42. The number of carbonyl (C=O) groups is 2. The van der Waals surface area contributed by atoms with Crippen LogP contribution in [0.15, 0.2) is 24.4 Å². The molecule has 0 aromatic carbocycles. The molecule has 4 heterocycles. The van der Waals surface area contributed by atoms with E-state index in [1.807, 2.05) is 23.3 Å². The Bertz CT molecular complexity index is 1030. The highest BCUT2D eigenvalue weighted by atomic mass is 19.4. The van der Waals surface area contributed by atoms with E-state index in [4.69, 9.17) is 0 Å². The number of nitrogens with zero attached hydrogens (tertiary/aromatic N) is 3. The van der Waals surface area contributed by atoms with E-state index < -0.39 is 17.9 Å². The summed E-state index contributed by atoms with van der Waals surface area (Å²) in [7, 11) is 0. The van der Waals surface area contributed by atoms with Crippen LogP contribution in [0.5, 0.6) is 0 Å². The van der Waals surface area contributed by atoms with Gasteiger partial charge in [0.05, 0.1) is 11.6 Å². The molecule has 33 heavy (non-hydrogen) atoms. The number of amides is 2. The van der Waals surface area contributed by atoms with Gasteiger partial charge in [-0.25, -0.2) is 0 Å². The quantitative estimate of drug-likeness (QED) is 0.698. The van der Waals surface area contributed by atoms with Gasteiger partial charge in [0.25, 0.3) is 11.8 Å². The van der Waals surface area contributed by atoms with Gasteiger partial charge in [-0.3, -0.25) is 14.6 Å². The van der Waals surface area contributed by atoms with Gasteiger partial charge in [-0.15, -0.1) is 0 Å². The summed E-state index contributed by atoms with van der Waals surface area (Å²) < 4.78 is 40.5. The first-order valence-electron chi connectivity index (χ1n) is 11.6. The minimum absolute atomic E-state index is 0.0406. The van der Waals surface area contributed by atoms with Gasteiger partial charge in [-0.2, -0.15) is 13.2 Å². The lowest BCUT2D eigenvalue weighted by Crippen LogP contribution is -2.35. The van der Waals surface area contributed by atoms with Gasteiger partial charge in [0.1, 0.15) is 11.4 Å². The van der Waals surface area contributed by atoms with Gasteiger partial charge in [0.15, 0.2) is 0 Å². The van der Waals surface area contributed by atoms with Crippen LogP contribution in [-0.2, 0) is 19.1 Å². The maximum absolute atomic E-state index is 13.3. The van der Waals surface area contributed by atoms with E-state index in [0.717, 1.165) is 50.2 Å². The lowest BCUT2D eigenvalue weighted by molar-refractivity contribution is -0.141. The van der Waals surface area contributed by atoms with Crippen LogP contribution in [0.2, 0.25) is 0 Å². The molecule has 2 aromatic heterocycles. The van der Waals surface area contributed by atoms with Crippen LogP contribution in [0.4, 0.5) is 13.2 Å². The highest BCUT2D eigenvalue weighted by Gasteiger charge is 2.33. The lowest BCUT2D eigenvalue weighted by atomic mass is 10.0. The van der Waals surface area contributed by atoms with E-state index >= 15 is 0 Å². The molecule has 178 valence electrons. The molecular weight excluding hydrogens is 433 g/mol. The van der Waals surface area contributed by atoms with E-state index in [-0.39, 0.29) is 17.9 Å². The minimum atomic E-state index is -4.51. The number of hydrogen-bond donors (Lipinski definition) is 1. The second-order valence-electron chi connectivity index (χ2n) is 8.90. The molecule has 0 unspecified atom stereocenters. The minimum Gasteiger partial charge on any atom is -0.345 e. The predicted molar refractivity (Wildman–Crippen MR) is 117 cm³/mol. The van der Waals surface area contributed by atoms with Crippen LogP contribution in [0.1, 0.15) is 89.8 Å². The maximum atomic E-state index is 13.3. The summed E-state index contributed by atoms with van der Waals surface area (Å²) in [4.78, 5) is 31.9. The molecule has 1 saturated heterocycles. The van der Waals surface area contributed by atoms with Gasteiger partial charge in [0.2, 0.25) is 0 Å². The average molecular weight is 463 g/mol. The van der Waals surface area contributed by atoms with Crippen LogP contribution in [-0.4, -0.2) is 38.9 Å². The van der Waals surface area contributed by atoms with Crippen molar-refractivity contribution in [3.63, 3.8) is 0 Å². The Morgan fingerprint density at radius 3 is 2.61 bits per heavy atom. The molecule has 2 aliphatic rings. The molecule has 2 aromatic rings. The second kappa shape index (κ2) is 9.19.